The van der Waals surface area contributed by atoms with E-state index >= 15 is 0 Å². The number of nitriles is 3. The van der Waals surface area contributed by atoms with Crippen LogP contribution in [-0.4, -0.2) is 13.1 Å². The summed E-state index contributed by atoms with van der Waals surface area (Å²) in [6.45, 7) is 8.78. The molecule has 0 aromatic heterocycles. The van der Waals surface area contributed by atoms with Crippen molar-refractivity contribution in [2.75, 3.05) is 18.0 Å². The molecule has 4 nitrogen and oxygen atoms in total. The Balaban J connectivity index is 3.19. The second-order valence-corrected chi connectivity index (χ2v) is 4.11. The van der Waals surface area contributed by atoms with Crippen LogP contribution in [0.4, 0.5) is 5.69 Å². The quantitative estimate of drug-likeness (QED) is 0.589. The minimum absolute atomic E-state index is 0.0885. The fourth-order valence-electron chi connectivity index (χ4n) is 1.84. The van der Waals surface area contributed by atoms with Crippen molar-refractivity contribution in [1.82, 2.24) is 0 Å². The van der Waals surface area contributed by atoms with E-state index in [4.69, 9.17) is 15.8 Å². The van der Waals surface area contributed by atoms with Gasteiger partial charge in [0.2, 0.25) is 0 Å². The van der Waals surface area contributed by atoms with Gasteiger partial charge in [0.15, 0.2) is 0 Å². The number of nitrogens with zero attached hydrogens (tertiary/aromatic N) is 4. The largest absolute Gasteiger partial charge is 0.364 e. The highest BCUT2D eigenvalue weighted by atomic mass is 15.1. The van der Waals surface area contributed by atoms with Crippen LogP contribution in [0.15, 0.2) is 55.1 Å². The van der Waals surface area contributed by atoms with Gasteiger partial charge >= 0.3 is 0 Å². The summed E-state index contributed by atoms with van der Waals surface area (Å²) in [5.74, 6) is 0. The standard InChI is InChI=1S/C17H14N4/c1-3-9-21(10-4-2)16-7-5-14(6-8-16)17(13-20)15(11-18)12-19/h3-8H,1-2,9-10H2. The molecule has 0 aliphatic heterocycles. The molecule has 0 fully saturated rings. The van der Waals surface area contributed by atoms with E-state index in [9.17, 15) is 0 Å². The Morgan fingerprint density at radius 1 is 0.952 bits per heavy atom. The molecule has 21 heavy (non-hydrogen) atoms. The molecule has 1 aromatic carbocycles. The molecule has 0 bridgehead atoms. The van der Waals surface area contributed by atoms with E-state index in [1.165, 1.54) is 0 Å². The summed E-state index contributed by atoms with van der Waals surface area (Å²) >= 11 is 0. The SMILES string of the molecule is C=CCN(CC=C)c1ccc(C(C#N)=C(C#N)C#N)cc1. The molecule has 0 amide bonds. The van der Waals surface area contributed by atoms with Crippen LogP contribution >= 0.6 is 0 Å². The summed E-state index contributed by atoms with van der Waals surface area (Å²) in [5.41, 5.74) is 1.41. The summed E-state index contributed by atoms with van der Waals surface area (Å²) in [5, 5.41) is 26.8. The van der Waals surface area contributed by atoms with Crippen LogP contribution in [0.3, 0.4) is 0 Å². The highest BCUT2D eigenvalue weighted by Gasteiger charge is 2.09. The van der Waals surface area contributed by atoms with Gasteiger partial charge in [-0.25, -0.2) is 0 Å². The van der Waals surface area contributed by atoms with Gasteiger partial charge in [0.25, 0.3) is 0 Å². The average molecular weight is 274 g/mol. The van der Waals surface area contributed by atoms with E-state index in [0.29, 0.717) is 18.7 Å². The summed E-state index contributed by atoms with van der Waals surface area (Å²) in [6, 6.07) is 12.5. The minimum atomic E-state index is -0.181. The normalized spacial score (nSPS) is 8.62. The Kier molecular flexibility index (Phi) is 6.00. The number of allylic oxidation sites excluding steroid dienone is 2. The molecule has 1 aromatic rings. The van der Waals surface area contributed by atoms with Crippen LogP contribution < -0.4 is 4.90 Å². The molecule has 0 radical (unpaired) electrons. The van der Waals surface area contributed by atoms with Crippen molar-refractivity contribution in [3.63, 3.8) is 0 Å². The maximum absolute atomic E-state index is 9.11. The van der Waals surface area contributed by atoms with Crippen molar-refractivity contribution in [2.24, 2.45) is 0 Å². The van der Waals surface area contributed by atoms with Crippen molar-refractivity contribution in [3.05, 3.63) is 60.7 Å². The van der Waals surface area contributed by atoms with Gasteiger partial charge in [-0.2, -0.15) is 15.8 Å². The Morgan fingerprint density at radius 3 is 1.86 bits per heavy atom. The lowest BCUT2D eigenvalue weighted by molar-refractivity contribution is 0.957. The van der Waals surface area contributed by atoms with Crippen molar-refractivity contribution in [2.45, 2.75) is 0 Å². The lowest BCUT2D eigenvalue weighted by Gasteiger charge is -2.21. The van der Waals surface area contributed by atoms with Gasteiger partial charge < -0.3 is 4.90 Å². The summed E-state index contributed by atoms with van der Waals surface area (Å²) in [6.07, 6.45) is 3.59. The van der Waals surface area contributed by atoms with Gasteiger partial charge in [-0.1, -0.05) is 24.3 Å². The maximum Gasteiger partial charge on any atom is 0.148 e. The van der Waals surface area contributed by atoms with Crippen molar-refractivity contribution in [1.29, 1.82) is 15.8 Å². The highest BCUT2D eigenvalue weighted by Crippen LogP contribution is 2.22. The van der Waals surface area contributed by atoms with E-state index in [0.717, 1.165) is 5.69 Å². The fourth-order valence-corrected chi connectivity index (χ4v) is 1.84. The molecule has 0 aliphatic rings. The molecule has 0 unspecified atom stereocenters. The monoisotopic (exact) mass is 274 g/mol. The third-order valence-electron chi connectivity index (χ3n) is 2.81. The molecule has 0 aliphatic carbocycles. The zero-order chi connectivity index (χ0) is 15.7. The second-order valence-electron chi connectivity index (χ2n) is 4.11. The van der Waals surface area contributed by atoms with Gasteiger partial charge in [-0.05, 0) is 17.7 Å². The molecular weight excluding hydrogens is 260 g/mol. The van der Waals surface area contributed by atoms with Crippen molar-refractivity contribution in [3.8, 4) is 18.2 Å². The zero-order valence-electron chi connectivity index (χ0n) is 11.6. The number of benzene rings is 1. The maximum atomic E-state index is 9.11. The Bertz CT molecular complexity index is 649. The number of hydrogen-bond donors (Lipinski definition) is 0. The lowest BCUT2D eigenvalue weighted by Crippen LogP contribution is -2.22. The fraction of sp³-hybridized carbons (Fsp3) is 0.118. The smallest absolute Gasteiger partial charge is 0.148 e. The molecule has 102 valence electrons. The molecule has 0 spiro atoms. The molecule has 0 heterocycles. The van der Waals surface area contributed by atoms with Crippen LogP contribution in [0.25, 0.3) is 5.57 Å². The van der Waals surface area contributed by atoms with E-state index < -0.39 is 0 Å². The lowest BCUT2D eigenvalue weighted by atomic mass is 10.0. The predicted octanol–water partition coefficient (Wildman–Crippen LogP) is 3.19. The Hall–Kier alpha value is -3.29. The second kappa shape index (κ2) is 8.00. The first-order valence-electron chi connectivity index (χ1n) is 6.23. The number of hydrogen-bond acceptors (Lipinski definition) is 4. The third kappa shape index (κ3) is 3.83. The molecular formula is C17H14N4. The van der Waals surface area contributed by atoms with Crippen LogP contribution in [0.5, 0.6) is 0 Å². The topological polar surface area (TPSA) is 74.6 Å². The summed E-state index contributed by atoms with van der Waals surface area (Å²) in [4.78, 5) is 2.05. The average Bonchev–Trinajstić information content (AvgIpc) is 2.52. The molecule has 4 heteroatoms. The van der Waals surface area contributed by atoms with Crippen LogP contribution in [0.1, 0.15) is 5.56 Å². The molecule has 0 saturated heterocycles. The summed E-state index contributed by atoms with van der Waals surface area (Å²) in [7, 11) is 0. The Labute approximate surface area is 124 Å². The third-order valence-corrected chi connectivity index (χ3v) is 2.81. The van der Waals surface area contributed by atoms with E-state index in [1.807, 2.05) is 18.2 Å². The summed E-state index contributed by atoms with van der Waals surface area (Å²) < 4.78 is 0. The number of rotatable bonds is 6. The number of anilines is 1. The van der Waals surface area contributed by atoms with Gasteiger partial charge in [0.05, 0.1) is 5.57 Å². The van der Waals surface area contributed by atoms with Crippen molar-refractivity contribution < 1.29 is 0 Å². The molecule has 0 saturated carbocycles. The van der Waals surface area contributed by atoms with Crippen molar-refractivity contribution >= 4 is 11.3 Å². The van der Waals surface area contributed by atoms with E-state index in [2.05, 4.69) is 18.1 Å². The first-order chi connectivity index (χ1) is 10.2. The van der Waals surface area contributed by atoms with Gasteiger partial charge in [0, 0.05) is 18.8 Å². The van der Waals surface area contributed by atoms with Gasteiger partial charge in [-0.15, -0.1) is 13.2 Å². The van der Waals surface area contributed by atoms with Crippen LogP contribution in [0, 0.1) is 34.0 Å². The minimum Gasteiger partial charge on any atom is -0.364 e. The highest BCUT2D eigenvalue weighted by molar-refractivity contribution is 5.84. The Morgan fingerprint density at radius 2 is 1.48 bits per heavy atom. The van der Waals surface area contributed by atoms with E-state index in [1.54, 1.807) is 36.4 Å². The van der Waals surface area contributed by atoms with Gasteiger partial charge in [0.1, 0.15) is 23.8 Å². The molecule has 0 N–H and O–H groups in total. The van der Waals surface area contributed by atoms with Gasteiger partial charge in [-0.3, -0.25) is 0 Å². The van der Waals surface area contributed by atoms with Crippen LogP contribution in [0.2, 0.25) is 0 Å². The zero-order valence-corrected chi connectivity index (χ0v) is 11.6. The first-order valence-corrected chi connectivity index (χ1v) is 6.23. The first kappa shape index (κ1) is 15.8. The molecule has 1 rings (SSSR count). The van der Waals surface area contributed by atoms with Crippen LogP contribution in [-0.2, 0) is 0 Å². The van der Waals surface area contributed by atoms with E-state index in [-0.39, 0.29) is 11.1 Å². The predicted molar refractivity (Wildman–Crippen MR) is 82.8 cm³/mol. The molecule has 0 atom stereocenters.